The van der Waals surface area contributed by atoms with Gasteiger partial charge in [-0.1, -0.05) is 12.1 Å². The number of rotatable bonds is 5. The summed E-state index contributed by atoms with van der Waals surface area (Å²) in [6.45, 7) is 1.33. The van der Waals surface area contributed by atoms with E-state index in [2.05, 4.69) is 16.0 Å². The smallest absolute Gasteiger partial charge is 0.152 e. The molecule has 1 fully saturated rings. The molecule has 1 aromatic carbocycles. The van der Waals surface area contributed by atoms with E-state index < -0.39 is 6.17 Å². The van der Waals surface area contributed by atoms with Crippen molar-refractivity contribution in [2.75, 3.05) is 19.6 Å². The predicted molar refractivity (Wildman–Crippen MR) is 98.6 cm³/mol. The number of carbonyl (C=O) groups excluding carboxylic acids is 1. The highest BCUT2D eigenvalue weighted by Crippen LogP contribution is 2.24. The zero-order valence-corrected chi connectivity index (χ0v) is 14.7. The predicted octanol–water partition coefficient (Wildman–Crippen LogP) is 2.79. The van der Waals surface area contributed by atoms with E-state index in [0.717, 1.165) is 27.7 Å². The van der Waals surface area contributed by atoms with Crippen molar-refractivity contribution in [2.24, 2.45) is 7.05 Å². The third kappa shape index (κ3) is 3.51. The van der Waals surface area contributed by atoms with Crippen LogP contribution < -0.4 is 0 Å². The van der Waals surface area contributed by atoms with E-state index in [4.69, 9.17) is 0 Å². The van der Waals surface area contributed by atoms with Crippen molar-refractivity contribution >= 4 is 16.6 Å². The molecule has 0 amide bonds. The largest absolute Gasteiger partial charge is 0.334 e. The zero-order chi connectivity index (χ0) is 18.1. The Balaban J connectivity index is 1.52. The monoisotopic (exact) mass is 352 g/mol. The van der Waals surface area contributed by atoms with Gasteiger partial charge in [0.1, 0.15) is 6.17 Å². The fourth-order valence-electron chi connectivity index (χ4n) is 3.51. The molecule has 0 bridgehead atoms. The number of hydrogen-bond donors (Lipinski definition) is 0. The second-order valence-corrected chi connectivity index (χ2v) is 6.96. The number of hydrogen-bond acceptors (Lipinski definition) is 4. The molecule has 1 aliphatic heterocycles. The summed E-state index contributed by atoms with van der Waals surface area (Å²) in [6, 6.07) is 8.14. The summed E-state index contributed by atoms with van der Waals surface area (Å²) in [4.78, 5) is 22.8. The maximum Gasteiger partial charge on any atom is 0.152 e. The van der Waals surface area contributed by atoms with E-state index in [0.29, 0.717) is 26.1 Å². The molecule has 0 aliphatic carbocycles. The minimum Gasteiger partial charge on any atom is -0.334 e. The van der Waals surface area contributed by atoms with E-state index in [-0.39, 0.29) is 12.2 Å². The Morgan fingerprint density at radius 3 is 2.88 bits per heavy atom. The maximum absolute atomic E-state index is 13.2. The molecule has 5 nitrogen and oxygen atoms in total. The number of alkyl halides is 1. The van der Waals surface area contributed by atoms with Gasteiger partial charge in [0.15, 0.2) is 5.78 Å². The summed E-state index contributed by atoms with van der Waals surface area (Å²) >= 11 is 0. The number of pyridine rings is 1. The fraction of sp³-hybridized carbons (Fsp3) is 0.350. The fourth-order valence-corrected chi connectivity index (χ4v) is 3.51. The minimum absolute atomic E-state index is 0.0775. The molecule has 0 saturated carbocycles. The Morgan fingerprint density at radius 2 is 2.15 bits per heavy atom. The number of nitrogens with zero attached hydrogens (tertiary/aromatic N) is 4. The number of likely N-dealkylation sites (tertiary alicyclic amines) is 1. The normalized spacial score (nSPS) is 17.8. The maximum atomic E-state index is 13.2. The van der Waals surface area contributed by atoms with Gasteiger partial charge in [-0.3, -0.25) is 14.7 Å². The van der Waals surface area contributed by atoms with Crippen molar-refractivity contribution in [3.05, 3.63) is 48.7 Å². The van der Waals surface area contributed by atoms with Crippen LogP contribution in [0.25, 0.3) is 22.0 Å². The van der Waals surface area contributed by atoms with Gasteiger partial charge in [0, 0.05) is 43.0 Å². The summed E-state index contributed by atoms with van der Waals surface area (Å²) in [7, 11) is 1.96. The molecule has 134 valence electrons. The lowest BCUT2D eigenvalue weighted by Crippen LogP contribution is -2.29. The van der Waals surface area contributed by atoms with Gasteiger partial charge in [-0.2, -0.15) is 0 Å². The van der Waals surface area contributed by atoms with Crippen LogP contribution in [-0.4, -0.2) is 51.0 Å². The molecular weight excluding hydrogens is 331 g/mol. The SMILES string of the molecule is Cn1cncc1-c1ccc2cnc(CC(=O)CN3CC[C@@H](F)C3)cc2c1. The van der Waals surface area contributed by atoms with E-state index in [1.165, 1.54) is 0 Å². The van der Waals surface area contributed by atoms with Gasteiger partial charge >= 0.3 is 0 Å². The molecule has 1 atom stereocenters. The van der Waals surface area contributed by atoms with Gasteiger partial charge in [-0.15, -0.1) is 0 Å². The third-order valence-electron chi connectivity index (χ3n) is 4.88. The number of aryl methyl sites for hydroxylation is 1. The van der Waals surface area contributed by atoms with Gasteiger partial charge in [-0.25, -0.2) is 9.37 Å². The van der Waals surface area contributed by atoms with Crippen LogP contribution in [0.4, 0.5) is 4.39 Å². The van der Waals surface area contributed by atoms with Gasteiger partial charge in [-0.05, 0) is 23.9 Å². The lowest BCUT2D eigenvalue weighted by molar-refractivity contribution is -0.119. The van der Waals surface area contributed by atoms with Gasteiger partial charge in [0.25, 0.3) is 0 Å². The van der Waals surface area contributed by atoms with Crippen LogP contribution in [0.2, 0.25) is 0 Å². The standard InChI is InChI=1S/C20H21FN4O/c1-24-13-22-10-20(24)14-2-3-15-9-23-18(7-16(15)6-14)8-19(26)12-25-5-4-17(21)11-25/h2-3,6-7,9-10,13,17H,4-5,8,11-12H2,1H3/t17-/m1/s1. The number of Topliss-reactive ketones (excluding diaryl/α,β-unsaturated/α-hetero) is 1. The summed E-state index contributed by atoms with van der Waals surface area (Å²) in [5.41, 5.74) is 2.86. The summed E-state index contributed by atoms with van der Waals surface area (Å²) < 4.78 is 15.2. The number of halogens is 1. The van der Waals surface area contributed by atoms with E-state index in [9.17, 15) is 9.18 Å². The highest BCUT2D eigenvalue weighted by Gasteiger charge is 2.23. The summed E-state index contributed by atoms with van der Waals surface area (Å²) in [5.74, 6) is 0.0775. The zero-order valence-electron chi connectivity index (χ0n) is 14.7. The third-order valence-corrected chi connectivity index (χ3v) is 4.88. The number of carbonyl (C=O) groups is 1. The lowest BCUT2D eigenvalue weighted by Gasteiger charge is -2.13. The van der Waals surface area contributed by atoms with Crippen molar-refractivity contribution in [1.82, 2.24) is 19.4 Å². The van der Waals surface area contributed by atoms with E-state index >= 15 is 0 Å². The molecule has 26 heavy (non-hydrogen) atoms. The molecule has 3 heterocycles. The van der Waals surface area contributed by atoms with Gasteiger partial charge < -0.3 is 4.57 Å². The molecule has 4 rings (SSSR count). The molecule has 0 radical (unpaired) electrons. The van der Waals surface area contributed by atoms with Crippen molar-refractivity contribution in [2.45, 2.75) is 19.0 Å². The summed E-state index contributed by atoms with van der Waals surface area (Å²) in [6.07, 6.45) is 5.42. The molecule has 0 N–H and O–H groups in total. The van der Waals surface area contributed by atoms with Crippen LogP contribution in [-0.2, 0) is 18.3 Å². The summed E-state index contributed by atoms with van der Waals surface area (Å²) in [5, 5.41) is 2.08. The first-order valence-electron chi connectivity index (χ1n) is 8.82. The molecule has 6 heteroatoms. The molecule has 1 aliphatic rings. The minimum atomic E-state index is -0.799. The van der Waals surface area contributed by atoms with Gasteiger partial charge in [0.2, 0.25) is 0 Å². The van der Waals surface area contributed by atoms with Crippen molar-refractivity contribution in [3.63, 3.8) is 0 Å². The van der Waals surface area contributed by atoms with Crippen LogP contribution in [0.15, 0.2) is 43.0 Å². The Bertz CT molecular complexity index is 952. The van der Waals surface area contributed by atoms with Gasteiger partial charge in [0.05, 0.1) is 31.2 Å². The highest BCUT2D eigenvalue weighted by molar-refractivity contribution is 5.88. The molecule has 0 unspecified atom stereocenters. The van der Waals surface area contributed by atoms with Crippen molar-refractivity contribution in [3.8, 4) is 11.3 Å². The Hall–Kier alpha value is -2.60. The lowest BCUT2D eigenvalue weighted by atomic mass is 10.0. The van der Waals surface area contributed by atoms with E-state index in [1.807, 2.05) is 40.9 Å². The van der Waals surface area contributed by atoms with Crippen LogP contribution in [0.5, 0.6) is 0 Å². The first-order valence-corrected chi connectivity index (χ1v) is 8.82. The molecule has 2 aromatic heterocycles. The van der Waals surface area contributed by atoms with E-state index in [1.54, 1.807) is 12.5 Å². The average molecular weight is 352 g/mol. The number of imidazole rings is 1. The number of fused-ring (bicyclic) bond motifs is 1. The first-order chi connectivity index (χ1) is 12.6. The van der Waals surface area contributed by atoms with Crippen molar-refractivity contribution in [1.29, 1.82) is 0 Å². The molecular formula is C20H21FN4O. The second kappa shape index (κ2) is 6.96. The van der Waals surface area contributed by atoms with Crippen LogP contribution in [0, 0.1) is 0 Å². The first kappa shape index (κ1) is 16.8. The highest BCUT2D eigenvalue weighted by atomic mass is 19.1. The number of benzene rings is 1. The Morgan fingerprint density at radius 1 is 1.27 bits per heavy atom. The second-order valence-electron chi connectivity index (χ2n) is 6.96. The Labute approximate surface area is 151 Å². The van der Waals surface area contributed by atoms with Crippen LogP contribution >= 0.6 is 0 Å². The number of aromatic nitrogens is 3. The average Bonchev–Trinajstić information content (AvgIpc) is 3.22. The Kier molecular flexibility index (Phi) is 4.51. The van der Waals surface area contributed by atoms with Crippen LogP contribution in [0.1, 0.15) is 12.1 Å². The topological polar surface area (TPSA) is 51.0 Å². The van der Waals surface area contributed by atoms with Crippen LogP contribution in [0.3, 0.4) is 0 Å². The number of ketones is 1. The molecule has 1 saturated heterocycles. The molecule has 3 aromatic rings. The van der Waals surface area contributed by atoms with Crippen molar-refractivity contribution < 1.29 is 9.18 Å². The quantitative estimate of drug-likeness (QED) is 0.709. The molecule has 0 spiro atoms.